The zero-order chi connectivity index (χ0) is 17.2. The van der Waals surface area contributed by atoms with Gasteiger partial charge in [-0.15, -0.1) is 11.3 Å². The van der Waals surface area contributed by atoms with E-state index in [1.54, 1.807) is 23.5 Å². The molecule has 0 amide bonds. The monoisotopic (exact) mass is 346 g/mol. The molecule has 4 rings (SSSR count). The van der Waals surface area contributed by atoms with Crippen molar-refractivity contribution in [1.29, 1.82) is 0 Å². The van der Waals surface area contributed by atoms with Crippen molar-refractivity contribution in [3.63, 3.8) is 0 Å². The minimum absolute atomic E-state index is 0.226. The molecular weight excluding hydrogens is 331 g/mol. The van der Waals surface area contributed by atoms with Crippen molar-refractivity contribution in [2.45, 2.75) is 6.92 Å². The molecule has 2 aromatic heterocycles. The van der Waals surface area contributed by atoms with Gasteiger partial charge in [0.15, 0.2) is 0 Å². The molecule has 122 valence electrons. The highest BCUT2D eigenvalue weighted by Gasteiger charge is 2.08. The first kappa shape index (κ1) is 15.7. The maximum absolute atomic E-state index is 13.1. The molecule has 0 saturated heterocycles. The summed E-state index contributed by atoms with van der Waals surface area (Å²) in [4.78, 5) is 9.08. The standard InChI is InChI=1S/C21H15FN2S/c1-14-5-6-18(12-23-14)21-24-20(13-25-21)17-4-2-3-16(11-17)15-7-9-19(22)10-8-15/h2-13H,1H3. The van der Waals surface area contributed by atoms with E-state index in [0.717, 1.165) is 38.6 Å². The Hall–Kier alpha value is -2.85. The van der Waals surface area contributed by atoms with Crippen molar-refractivity contribution in [2.75, 3.05) is 0 Å². The van der Waals surface area contributed by atoms with Crippen LogP contribution < -0.4 is 0 Å². The first-order valence-corrected chi connectivity index (χ1v) is 8.82. The Labute approximate surface area is 149 Å². The zero-order valence-corrected chi connectivity index (χ0v) is 14.4. The quantitative estimate of drug-likeness (QED) is 0.455. The number of aryl methyl sites for hydroxylation is 1. The van der Waals surface area contributed by atoms with Crippen LogP contribution in [0.15, 0.2) is 72.2 Å². The first-order chi connectivity index (χ1) is 12.2. The molecule has 0 aliphatic rings. The van der Waals surface area contributed by atoms with Crippen LogP contribution in [0.5, 0.6) is 0 Å². The van der Waals surface area contributed by atoms with Crippen LogP contribution >= 0.6 is 11.3 Å². The van der Waals surface area contributed by atoms with E-state index in [0.29, 0.717) is 0 Å². The van der Waals surface area contributed by atoms with Gasteiger partial charge in [0.1, 0.15) is 10.8 Å². The fourth-order valence-corrected chi connectivity index (χ4v) is 3.45. The zero-order valence-electron chi connectivity index (χ0n) is 13.6. The molecule has 0 atom stereocenters. The summed E-state index contributed by atoms with van der Waals surface area (Å²) < 4.78 is 13.1. The number of halogens is 1. The number of rotatable bonds is 3. The van der Waals surface area contributed by atoms with Gasteiger partial charge in [0.05, 0.1) is 5.69 Å². The molecule has 0 fully saturated rings. The van der Waals surface area contributed by atoms with Gasteiger partial charge in [0.25, 0.3) is 0 Å². The normalized spacial score (nSPS) is 10.8. The number of thiazole rings is 1. The fourth-order valence-electron chi connectivity index (χ4n) is 2.63. The Morgan fingerprint density at radius 3 is 2.36 bits per heavy atom. The van der Waals surface area contributed by atoms with E-state index >= 15 is 0 Å². The van der Waals surface area contributed by atoms with Crippen LogP contribution in [0, 0.1) is 12.7 Å². The number of aromatic nitrogens is 2. The van der Waals surface area contributed by atoms with Gasteiger partial charge >= 0.3 is 0 Å². The summed E-state index contributed by atoms with van der Waals surface area (Å²) in [7, 11) is 0. The number of nitrogens with zero attached hydrogens (tertiary/aromatic N) is 2. The number of pyridine rings is 1. The van der Waals surface area contributed by atoms with Gasteiger partial charge in [0.2, 0.25) is 0 Å². The molecule has 0 N–H and O–H groups in total. The van der Waals surface area contributed by atoms with Gasteiger partial charge in [-0.1, -0.05) is 30.3 Å². The number of benzene rings is 2. The van der Waals surface area contributed by atoms with E-state index in [1.165, 1.54) is 12.1 Å². The van der Waals surface area contributed by atoms with Crippen molar-refractivity contribution >= 4 is 11.3 Å². The van der Waals surface area contributed by atoms with Crippen LogP contribution in [0.1, 0.15) is 5.69 Å². The molecule has 0 radical (unpaired) electrons. The van der Waals surface area contributed by atoms with Gasteiger partial charge in [-0.2, -0.15) is 0 Å². The van der Waals surface area contributed by atoms with Crippen LogP contribution in [0.4, 0.5) is 4.39 Å². The molecule has 0 aliphatic heterocycles. The van der Waals surface area contributed by atoms with Crippen molar-refractivity contribution in [3.8, 4) is 33.0 Å². The second-order valence-corrected chi connectivity index (χ2v) is 6.67. The third kappa shape index (κ3) is 3.35. The van der Waals surface area contributed by atoms with Crippen LogP contribution in [0.25, 0.3) is 33.0 Å². The minimum atomic E-state index is -0.226. The second-order valence-electron chi connectivity index (χ2n) is 5.81. The van der Waals surface area contributed by atoms with Crippen molar-refractivity contribution in [3.05, 3.63) is 83.8 Å². The molecule has 0 bridgehead atoms. The SMILES string of the molecule is Cc1ccc(-c2nc(-c3cccc(-c4ccc(F)cc4)c3)cs2)cn1. The maximum atomic E-state index is 13.1. The summed E-state index contributed by atoms with van der Waals surface area (Å²) in [6.07, 6.45) is 1.85. The highest BCUT2D eigenvalue weighted by molar-refractivity contribution is 7.13. The molecule has 2 heterocycles. The average molecular weight is 346 g/mol. The lowest BCUT2D eigenvalue weighted by molar-refractivity contribution is 0.628. The highest BCUT2D eigenvalue weighted by atomic mass is 32.1. The fraction of sp³-hybridized carbons (Fsp3) is 0.0476. The van der Waals surface area contributed by atoms with Crippen LogP contribution in [-0.4, -0.2) is 9.97 Å². The van der Waals surface area contributed by atoms with Gasteiger partial charge in [-0.3, -0.25) is 4.98 Å². The van der Waals surface area contributed by atoms with Crippen molar-refractivity contribution in [2.24, 2.45) is 0 Å². The summed E-state index contributed by atoms with van der Waals surface area (Å²) in [5.41, 5.74) is 6.03. The third-order valence-electron chi connectivity index (χ3n) is 4.00. The smallest absolute Gasteiger partial charge is 0.125 e. The van der Waals surface area contributed by atoms with E-state index in [9.17, 15) is 4.39 Å². The van der Waals surface area contributed by atoms with Gasteiger partial charge in [0, 0.05) is 28.4 Å². The Morgan fingerprint density at radius 2 is 1.60 bits per heavy atom. The molecule has 2 aromatic carbocycles. The van der Waals surface area contributed by atoms with Crippen LogP contribution in [0.2, 0.25) is 0 Å². The van der Waals surface area contributed by atoms with E-state index in [-0.39, 0.29) is 5.82 Å². The largest absolute Gasteiger partial charge is 0.261 e. The van der Waals surface area contributed by atoms with Crippen LogP contribution in [-0.2, 0) is 0 Å². The lowest BCUT2D eigenvalue weighted by atomic mass is 10.0. The Morgan fingerprint density at radius 1 is 0.840 bits per heavy atom. The van der Waals surface area contributed by atoms with E-state index in [1.807, 2.05) is 43.5 Å². The molecule has 0 spiro atoms. The van der Waals surface area contributed by atoms with E-state index < -0.39 is 0 Å². The van der Waals surface area contributed by atoms with Crippen molar-refractivity contribution in [1.82, 2.24) is 9.97 Å². The molecule has 4 heteroatoms. The van der Waals surface area contributed by atoms with E-state index in [2.05, 4.69) is 16.4 Å². The highest BCUT2D eigenvalue weighted by Crippen LogP contribution is 2.31. The summed E-state index contributed by atoms with van der Waals surface area (Å²) >= 11 is 1.61. The Bertz CT molecular complexity index is 1000. The second kappa shape index (κ2) is 6.57. The van der Waals surface area contributed by atoms with Gasteiger partial charge < -0.3 is 0 Å². The summed E-state index contributed by atoms with van der Waals surface area (Å²) in [6, 6.07) is 18.7. The predicted molar refractivity (Wildman–Crippen MR) is 101 cm³/mol. The molecule has 0 saturated carbocycles. The molecule has 0 aliphatic carbocycles. The first-order valence-electron chi connectivity index (χ1n) is 7.94. The summed E-state index contributed by atoms with van der Waals surface area (Å²) in [5.74, 6) is -0.226. The molecule has 25 heavy (non-hydrogen) atoms. The Kier molecular flexibility index (Phi) is 4.12. The topological polar surface area (TPSA) is 25.8 Å². The third-order valence-corrected chi connectivity index (χ3v) is 4.89. The lowest BCUT2D eigenvalue weighted by Gasteiger charge is -2.04. The lowest BCUT2D eigenvalue weighted by Crippen LogP contribution is -1.84. The summed E-state index contributed by atoms with van der Waals surface area (Å²) in [5, 5.41) is 3.01. The predicted octanol–water partition coefficient (Wildman–Crippen LogP) is 5.99. The molecule has 4 aromatic rings. The van der Waals surface area contributed by atoms with Crippen molar-refractivity contribution < 1.29 is 4.39 Å². The van der Waals surface area contributed by atoms with Gasteiger partial charge in [-0.05, 0) is 48.4 Å². The molecule has 2 nitrogen and oxygen atoms in total. The maximum Gasteiger partial charge on any atom is 0.125 e. The summed E-state index contributed by atoms with van der Waals surface area (Å²) in [6.45, 7) is 1.97. The molecular formula is C21H15FN2S. The Balaban J connectivity index is 1.67. The minimum Gasteiger partial charge on any atom is -0.261 e. The average Bonchev–Trinajstić information content (AvgIpc) is 3.13. The number of hydrogen-bond acceptors (Lipinski definition) is 3. The van der Waals surface area contributed by atoms with Crippen LogP contribution in [0.3, 0.4) is 0 Å². The number of hydrogen-bond donors (Lipinski definition) is 0. The van der Waals surface area contributed by atoms with Gasteiger partial charge in [-0.25, -0.2) is 9.37 Å². The molecule has 0 unspecified atom stereocenters. The van der Waals surface area contributed by atoms with E-state index in [4.69, 9.17) is 4.98 Å².